The molecule has 0 saturated heterocycles. The molecule has 0 bridgehead atoms. The second kappa shape index (κ2) is 9.10. The van der Waals surface area contributed by atoms with E-state index in [1.807, 2.05) is 20.8 Å². The summed E-state index contributed by atoms with van der Waals surface area (Å²) in [6.07, 6.45) is 3.52. The summed E-state index contributed by atoms with van der Waals surface area (Å²) in [4.78, 5) is 19.7. The molecular formula is C17H21ClN2O3. The molecule has 1 rings (SSSR count). The average molecular weight is 337 g/mol. The molecule has 0 unspecified atom stereocenters. The quantitative estimate of drug-likeness (QED) is 0.245. The van der Waals surface area contributed by atoms with E-state index in [0.29, 0.717) is 11.6 Å². The first-order chi connectivity index (χ1) is 10.9. The number of pyridine rings is 1. The van der Waals surface area contributed by atoms with Crippen LogP contribution in [0.1, 0.15) is 43.7 Å². The lowest BCUT2D eigenvalue weighted by Crippen LogP contribution is -2.06. The Morgan fingerprint density at radius 1 is 1.43 bits per heavy atom. The molecule has 0 fully saturated rings. The highest BCUT2D eigenvalue weighted by Crippen LogP contribution is 2.20. The predicted molar refractivity (Wildman–Crippen MR) is 92.7 cm³/mol. The Morgan fingerprint density at radius 2 is 2.13 bits per heavy atom. The Kier molecular flexibility index (Phi) is 7.48. The molecule has 0 aromatic carbocycles. The Labute approximate surface area is 141 Å². The number of hydrogen-bond donors (Lipinski definition) is 0. The lowest BCUT2D eigenvalue weighted by atomic mass is 10.1. The lowest BCUT2D eigenvalue weighted by molar-refractivity contribution is 0.0526. The zero-order valence-electron chi connectivity index (χ0n) is 13.8. The van der Waals surface area contributed by atoms with Crippen LogP contribution in [0.4, 0.5) is 0 Å². The van der Waals surface area contributed by atoms with Crippen LogP contribution < -0.4 is 0 Å². The van der Waals surface area contributed by atoms with Gasteiger partial charge in [0, 0.05) is 6.08 Å². The van der Waals surface area contributed by atoms with Crippen molar-refractivity contribution in [3.05, 3.63) is 46.6 Å². The first-order valence-corrected chi connectivity index (χ1v) is 7.62. The van der Waals surface area contributed by atoms with Gasteiger partial charge in [0.1, 0.15) is 5.15 Å². The minimum absolute atomic E-state index is 0.0110. The van der Waals surface area contributed by atoms with Crippen LogP contribution in [-0.2, 0) is 9.47 Å². The molecule has 1 aromatic rings. The topological polar surface area (TPSA) is 60.8 Å². The highest BCUT2D eigenvalue weighted by atomic mass is 35.5. The second-order valence-electron chi connectivity index (χ2n) is 4.93. The number of aliphatic imine (C=N–C) groups is 1. The summed E-state index contributed by atoms with van der Waals surface area (Å²) in [6.45, 7) is 11.2. The monoisotopic (exact) mass is 336 g/mol. The SMILES string of the molecule is C=N/C(=C\C=C(/C)c1ccc(C(=O)OCC)c(Cl)n1)OC(C)C. The van der Waals surface area contributed by atoms with Gasteiger partial charge in [-0.1, -0.05) is 17.7 Å². The Hall–Kier alpha value is -2.14. The zero-order chi connectivity index (χ0) is 17.4. The van der Waals surface area contributed by atoms with Gasteiger partial charge < -0.3 is 9.47 Å². The number of esters is 1. The molecule has 124 valence electrons. The van der Waals surface area contributed by atoms with Crippen molar-refractivity contribution in [2.75, 3.05) is 6.61 Å². The van der Waals surface area contributed by atoms with Crippen LogP contribution in [0, 0.1) is 0 Å². The molecular weight excluding hydrogens is 316 g/mol. The normalized spacial score (nSPS) is 12.3. The van der Waals surface area contributed by atoms with E-state index in [1.54, 1.807) is 31.2 Å². The fourth-order valence-corrected chi connectivity index (χ4v) is 1.90. The molecule has 5 nitrogen and oxygen atoms in total. The smallest absolute Gasteiger partial charge is 0.341 e. The van der Waals surface area contributed by atoms with Gasteiger partial charge in [0.25, 0.3) is 0 Å². The summed E-state index contributed by atoms with van der Waals surface area (Å²) in [7, 11) is 0. The van der Waals surface area contributed by atoms with Crippen molar-refractivity contribution >= 4 is 29.9 Å². The molecule has 0 N–H and O–H groups in total. The zero-order valence-corrected chi connectivity index (χ0v) is 14.6. The van der Waals surface area contributed by atoms with Crippen LogP contribution in [0.25, 0.3) is 5.57 Å². The van der Waals surface area contributed by atoms with Crippen LogP contribution in [0.2, 0.25) is 5.15 Å². The van der Waals surface area contributed by atoms with E-state index in [9.17, 15) is 4.79 Å². The molecule has 1 heterocycles. The van der Waals surface area contributed by atoms with Crippen molar-refractivity contribution in [3.63, 3.8) is 0 Å². The van der Waals surface area contributed by atoms with Gasteiger partial charge in [0.15, 0.2) is 0 Å². The van der Waals surface area contributed by atoms with Crippen molar-refractivity contribution in [1.82, 2.24) is 4.98 Å². The molecule has 0 aliphatic carbocycles. The number of carbonyl (C=O) groups excluding carboxylic acids is 1. The molecule has 1 aromatic heterocycles. The summed E-state index contributed by atoms with van der Waals surface area (Å²) in [5, 5.41) is 0.109. The van der Waals surface area contributed by atoms with E-state index in [4.69, 9.17) is 21.1 Å². The van der Waals surface area contributed by atoms with Crippen LogP contribution >= 0.6 is 11.6 Å². The van der Waals surface area contributed by atoms with Gasteiger partial charge >= 0.3 is 5.97 Å². The van der Waals surface area contributed by atoms with Gasteiger partial charge in [-0.2, -0.15) is 0 Å². The number of rotatable bonds is 7. The van der Waals surface area contributed by atoms with Gasteiger partial charge in [-0.15, -0.1) is 0 Å². The Morgan fingerprint density at radius 3 is 2.65 bits per heavy atom. The van der Waals surface area contributed by atoms with E-state index in [0.717, 1.165) is 5.57 Å². The van der Waals surface area contributed by atoms with Crippen molar-refractivity contribution in [2.45, 2.75) is 33.8 Å². The first kappa shape index (κ1) is 18.9. The lowest BCUT2D eigenvalue weighted by Gasteiger charge is -2.08. The third kappa shape index (κ3) is 5.87. The van der Waals surface area contributed by atoms with E-state index in [1.165, 1.54) is 0 Å². The maximum Gasteiger partial charge on any atom is 0.341 e. The summed E-state index contributed by atoms with van der Waals surface area (Å²) in [5.74, 6) is -0.0600. The third-order valence-electron chi connectivity index (χ3n) is 2.74. The van der Waals surface area contributed by atoms with Crippen LogP contribution in [0.15, 0.2) is 35.2 Å². The van der Waals surface area contributed by atoms with E-state index < -0.39 is 5.97 Å². The predicted octanol–water partition coefficient (Wildman–Crippen LogP) is 4.28. The second-order valence-corrected chi connectivity index (χ2v) is 5.29. The fourth-order valence-electron chi connectivity index (χ4n) is 1.67. The molecule has 6 heteroatoms. The number of aromatic nitrogens is 1. The average Bonchev–Trinajstić information content (AvgIpc) is 2.50. The largest absolute Gasteiger partial charge is 0.475 e. The molecule has 0 aliphatic rings. The molecule has 0 radical (unpaired) electrons. The van der Waals surface area contributed by atoms with Crippen LogP contribution in [-0.4, -0.2) is 30.4 Å². The standard InChI is InChI=1S/C17H21ClN2O3/c1-6-22-17(21)13-8-9-14(20-16(13)18)12(4)7-10-15(19-5)23-11(2)3/h7-11H,5-6H2,1-4H3/b12-7+,15-10+. The summed E-state index contributed by atoms with van der Waals surface area (Å²) in [5.41, 5.74) is 1.74. The van der Waals surface area contributed by atoms with Crippen LogP contribution in [0.5, 0.6) is 0 Å². The molecule has 0 amide bonds. The van der Waals surface area contributed by atoms with Gasteiger partial charge in [-0.25, -0.2) is 14.8 Å². The number of ether oxygens (including phenoxy) is 2. The fraction of sp³-hybridized carbons (Fsp3) is 0.353. The molecule has 0 spiro atoms. The van der Waals surface area contributed by atoms with Crippen LogP contribution in [0.3, 0.4) is 0 Å². The molecule has 23 heavy (non-hydrogen) atoms. The maximum atomic E-state index is 11.7. The van der Waals surface area contributed by atoms with Gasteiger partial charge in [-0.05, 0) is 52.1 Å². The van der Waals surface area contributed by atoms with Gasteiger partial charge in [-0.3, -0.25) is 0 Å². The Balaban J connectivity index is 3.00. The Bertz CT molecular complexity index is 637. The minimum atomic E-state index is -0.485. The summed E-state index contributed by atoms with van der Waals surface area (Å²) >= 11 is 6.06. The highest BCUT2D eigenvalue weighted by Gasteiger charge is 2.13. The van der Waals surface area contributed by atoms with Crippen molar-refractivity contribution in [2.24, 2.45) is 4.99 Å². The van der Waals surface area contributed by atoms with E-state index >= 15 is 0 Å². The first-order valence-electron chi connectivity index (χ1n) is 7.25. The summed E-state index contributed by atoms with van der Waals surface area (Å²) in [6, 6.07) is 3.31. The molecule has 0 aliphatic heterocycles. The molecule has 0 atom stereocenters. The molecule has 0 saturated carbocycles. The summed E-state index contributed by atoms with van der Waals surface area (Å²) < 4.78 is 10.4. The minimum Gasteiger partial charge on any atom is -0.475 e. The van der Waals surface area contributed by atoms with Crippen molar-refractivity contribution in [3.8, 4) is 0 Å². The van der Waals surface area contributed by atoms with Crippen molar-refractivity contribution < 1.29 is 14.3 Å². The number of halogens is 1. The van der Waals surface area contributed by atoms with Gasteiger partial charge in [0.2, 0.25) is 5.88 Å². The van der Waals surface area contributed by atoms with E-state index in [-0.39, 0.29) is 23.4 Å². The third-order valence-corrected chi connectivity index (χ3v) is 3.02. The number of hydrogen-bond acceptors (Lipinski definition) is 5. The highest BCUT2D eigenvalue weighted by molar-refractivity contribution is 6.32. The van der Waals surface area contributed by atoms with Gasteiger partial charge in [0.05, 0.1) is 24.0 Å². The number of nitrogens with zero attached hydrogens (tertiary/aromatic N) is 2. The van der Waals surface area contributed by atoms with Crippen molar-refractivity contribution in [1.29, 1.82) is 0 Å². The maximum absolute atomic E-state index is 11.7. The number of allylic oxidation sites excluding steroid dienone is 3. The van der Waals surface area contributed by atoms with E-state index in [2.05, 4.69) is 16.7 Å². The number of carbonyl (C=O) groups is 1.